The van der Waals surface area contributed by atoms with E-state index < -0.39 is 0 Å². The van der Waals surface area contributed by atoms with Crippen molar-refractivity contribution in [2.75, 3.05) is 13.1 Å². The average molecular weight is 309 g/mol. The number of piperazine rings is 1. The summed E-state index contributed by atoms with van der Waals surface area (Å²) in [5.74, 6) is 0. The van der Waals surface area contributed by atoms with Crippen LogP contribution in [0.5, 0.6) is 0 Å². The molecule has 98 valence electrons. The van der Waals surface area contributed by atoms with Gasteiger partial charge in [-0.15, -0.1) is 0 Å². The lowest BCUT2D eigenvalue weighted by Gasteiger charge is -2.40. The maximum atomic E-state index is 3.69. The molecule has 1 saturated heterocycles. The molecule has 0 aromatic heterocycles. The van der Waals surface area contributed by atoms with Crippen LogP contribution in [0.4, 0.5) is 0 Å². The van der Waals surface area contributed by atoms with E-state index in [0.29, 0.717) is 18.1 Å². The summed E-state index contributed by atoms with van der Waals surface area (Å²) >= 11 is 3.69. The molecule has 1 N–H and O–H groups in total. The molecule has 0 spiro atoms. The van der Waals surface area contributed by atoms with E-state index >= 15 is 0 Å². The van der Waals surface area contributed by atoms with E-state index in [1.165, 1.54) is 36.0 Å². The molecule has 0 bridgehead atoms. The number of nitrogens with one attached hydrogen (secondary N) is 1. The molecular formula is C15H21BrN2. The number of nitrogens with zero attached hydrogens (tertiary/aromatic N) is 1. The Morgan fingerprint density at radius 1 is 1.22 bits per heavy atom. The predicted molar refractivity (Wildman–Crippen MR) is 78.8 cm³/mol. The first kappa shape index (κ1) is 12.6. The van der Waals surface area contributed by atoms with Crippen LogP contribution in [0.25, 0.3) is 0 Å². The zero-order valence-corrected chi connectivity index (χ0v) is 12.7. The second-order valence-corrected chi connectivity index (χ2v) is 6.64. The summed E-state index contributed by atoms with van der Waals surface area (Å²) in [6.45, 7) is 6.92. The van der Waals surface area contributed by atoms with Gasteiger partial charge >= 0.3 is 0 Å². The van der Waals surface area contributed by atoms with E-state index in [1.54, 1.807) is 5.56 Å². The summed E-state index contributed by atoms with van der Waals surface area (Å²) in [5, 5.41) is 3.62. The molecule has 1 fully saturated rings. The molecule has 1 aromatic rings. The molecule has 1 aliphatic heterocycles. The van der Waals surface area contributed by atoms with E-state index in [1.807, 2.05) is 0 Å². The summed E-state index contributed by atoms with van der Waals surface area (Å²) in [6, 6.07) is 8.50. The van der Waals surface area contributed by atoms with E-state index in [2.05, 4.69) is 58.2 Å². The van der Waals surface area contributed by atoms with Gasteiger partial charge < -0.3 is 5.32 Å². The number of fused-ring (bicyclic) bond motifs is 1. The Kier molecular flexibility index (Phi) is 3.48. The van der Waals surface area contributed by atoms with E-state index in [-0.39, 0.29) is 0 Å². The van der Waals surface area contributed by atoms with Crippen molar-refractivity contribution in [1.29, 1.82) is 0 Å². The van der Waals surface area contributed by atoms with Gasteiger partial charge in [0, 0.05) is 35.7 Å². The van der Waals surface area contributed by atoms with Gasteiger partial charge in [-0.2, -0.15) is 0 Å². The Morgan fingerprint density at radius 2 is 1.94 bits per heavy atom. The summed E-state index contributed by atoms with van der Waals surface area (Å²) in [5.41, 5.74) is 3.08. The van der Waals surface area contributed by atoms with Crippen LogP contribution < -0.4 is 5.32 Å². The molecule has 1 aromatic carbocycles. The molecule has 2 aliphatic rings. The third-order valence-corrected chi connectivity index (χ3v) is 4.95. The van der Waals surface area contributed by atoms with Crippen LogP contribution in [-0.2, 0) is 6.42 Å². The minimum absolute atomic E-state index is 0.602. The maximum Gasteiger partial charge on any atom is 0.0355 e. The lowest BCUT2D eigenvalue weighted by Crippen LogP contribution is -2.54. The van der Waals surface area contributed by atoms with E-state index in [4.69, 9.17) is 0 Å². The fraction of sp³-hybridized carbons (Fsp3) is 0.600. The van der Waals surface area contributed by atoms with Crippen LogP contribution in [0, 0.1) is 0 Å². The highest BCUT2D eigenvalue weighted by atomic mass is 79.9. The molecule has 3 heteroatoms. The Balaban J connectivity index is 1.85. The molecule has 0 radical (unpaired) electrons. The fourth-order valence-electron chi connectivity index (χ4n) is 3.59. The maximum absolute atomic E-state index is 3.69. The minimum atomic E-state index is 0.602. The quantitative estimate of drug-likeness (QED) is 0.857. The van der Waals surface area contributed by atoms with Crippen molar-refractivity contribution in [3.05, 3.63) is 33.8 Å². The van der Waals surface area contributed by atoms with Crippen molar-refractivity contribution in [1.82, 2.24) is 10.2 Å². The fourth-order valence-corrected chi connectivity index (χ4v) is 4.17. The van der Waals surface area contributed by atoms with Gasteiger partial charge in [0.25, 0.3) is 0 Å². The lowest BCUT2D eigenvalue weighted by molar-refractivity contribution is 0.122. The van der Waals surface area contributed by atoms with Crippen molar-refractivity contribution < 1.29 is 0 Å². The number of rotatable bonds is 1. The third kappa shape index (κ3) is 2.24. The van der Waals surface area contributed by atoms with E-state index in [9.17, 15) is 0 Å². The van der Waals surface area contributed by atoms with Crippen molar-refractivity contribution in [2.45, 2.75) is 44.8 Å². The lowest BCUT2D eigenvalue weighted by atomic mass is 10.0. The molecule has 2 nitrogen and oxygen atoms in total. The van der Waals surface area contributed by atoms with E-state index in [0.717, 1.165) is 0 Å². The summed E-state index contributed by atoms with van der Waals surface area (Å²) < 4.78 is 1.29. The Labute approximate surface area is 118 Å². The Morgan fingerprint density at radius 3 is 2.67 bits per heavy atom. The smallest absolute Gasteiger partial charge is 0.0355 e. The summed E-state index contributed by atoms with van der Waals surface area (Å²) in [7, 11) is 0. The highest BCUT2D eigenvalue weighted by molar-refractivity contribution is 9.10. The molecule has 3 rings (SSSR count). The van der Waals surface area contributed by atoms with Gasteiger partial charge in [0.2, 0.25) is 0 Å². The number of benzene rings is 1. The number of hydrogen-bond donors (Lipinski definition) is 1. The molecule has 0 saturated carbocycles. The minimum Gasteiger partial charge on any atom is -0.309 e. The van der Waals surface area contributed by atoms with Crippen LogP contribution in [0.1, 0.15) is 37.4 Å². The highest BCUT2D eigenvalue weighted by Gasteiger charge is 2.32. The molecule has 18 heavy (non-hydrogen) atoms. The largest absolute Gasteiger partial charge is 0.309 e. The first-order valence-electron chi connectivity index (χ1n) is 6.92. The Bertz CT molecular complexity index is 436. The topological polar surface area (TPSA) is 15.3 Å². The predicted octanol–water partition coefficient (Wildman–Crippen LogP) is 3.12. The van der Waals surface area contributed by atoms with Gasteiger partial charge in [-0.25, -0.2) is 0 Å². The second-order valence-electron chi connectivity index (χ2n) is 5.78. The van der Waals surface area contributed by atoms with Gasteiger partial charge in [0.15, 0.2) is 0 Å². The third-order valence-electron chi connectivity index (χ3n) is 4.21. The van der Waals surface area contributed by atoms with Crippen LogP contribution in [-0.4, -0.2) is 30.1 Å². The first-order valence-corrected chi connectivity index (χ1v) is 7.72. The zero-order chi connectivity index (χ0) is 12.7. The second kappa shape index (κ2) is 4.95. The summed E-state index contributed by atoms with van der Waals surface area (Å²) in [6.07, 6.45) is 2.49. The van der Waals surface area contributed by atoms with Crippen molar-refractivity contribution in [3.8, 4) is 0 Å². The van der Waals surface area contributed by atoms with Gasteiger partial charge in [0.1, 0.15) is 0 Å². The van der Waals surface area contributed by atoms with Gasteiger partial charge in [-0.1, -0.05) is 28.1 Å². The van der Waals surface area contributed by atoms with Crippen LogP contribution in [0.15, 0.2) is 22.7 Å². The molecule has 3 unspecified atom stereocenters. The van der Waals surface area contributed by atoms with Gasteiger partial charge in [-0.05, 0) is 43.9 Å². The average Bonchev–Trinajstić information content (AvgIpc) is 2.73. The van der Waals surface area contributed by atoms with Crippen LogP contribution >= 0.6 is 15.9 Å². The highest BCUT2D eigenvalue weighted by Crippen LogP contribution is 2.39. The molecule has 0 amide bonds. The molecule has 1 aliphatic carbocycles. The van der Waals surface area contributed by atoms with Crippen molar-refractivity contribution >= 4 is 15.9 Å². The molecular weight excluding hydrogens is 288 g/mol. The van der Waals surface area contributed by atoms with Crippen molar-refractivity contribution in [3.63, 3.8) is 0 Å². The standard InChI is InChI=1S/C15H21BrN2/c1-10-8-18(9-11(2)17-10)15-7-6-12-13(15)4-3-5-14(12)16/h3-5,10-11,15,17H,6-9H2,1-2H3. The van der Waals surface area contributed by atoms with Gasteiger partial charge in [-0.3, -0.25) is 4.90 Å². The van der Waals surface area contributed by atoms with Crippen LogP contribution in [0.3, 0.4) is 0 Å². The molecule has 3 atom stereocenters. The molecule has 1 heterocycles. The SMILES string of the molecule is CC1CN(C2CCc3c(Br)cccc32)CC(C)N1. The number of hydrogen-bond acceptors (Lipinski definition) is 2. The Hall–Kier alpha value is -0.380. The number of halogens is 1. The zero-order valence-electron chi connectivity index (χ0n) is 11.1. The summed E-state index contributed by atoms with van der Waals surface area (Å²) in [4.78, 5) is 2.67. The van der Waals surface area contributed by atoms with Gasteiger partial charge in [0.05, 0.1) is 0 Å². The normalized spacial score (nSPS) is 32.5. The van der Waals surface area contributed by atoms with Crippen LogP contribution in [0.2, 0.25) is 0 Å². The monoisotopic (exact) mass is 308 g/mol. The first-order chi connectivity index (χ1) is 8.65. The van der Waals surface area contributed by atoms with Crippen molar-refractivity contribution in [2.24, 2.45) is 0 Å².